The maximum atomic E-state index is 11.5. The van der Waals surface area contributed by atoms with Crippen molar-refractivity contribution < 1.29 is 19.2 Å². The van der Waals surface area contributed by atoms with Crippen molar-refractivity contribution in [3.63, 3.8) is 0 Å². The number of amides is 1. The number of nitro benzene ring substituents is 1. The molecule has 0 saturated carbocycles. The Morgan fingerprint density at radius 3 is 2.58 bits per heavy atom. The Labute approximate surface area is 108 Å². The molecule has 1 aromatic carbocycles. The summed E-state index contributed by atoms with van der Waals surface area (Å²) in [5.41, 5.74) is 2.16. The number of rotatable bonds is 5. The van der Waals surface area contributed by atoms with E-state index in [2.05, 4.69) is 15.3 Å². The molecule has 1 amide bonds. The first-order valence-corrected chi connectivity index (χ1v) is 5.29. The van der Waals surface area contributed by atoms with E-state index in [1.165, 1.54) is 24.3 Å². The summed E-state index contributed by atoms with van der Waals surface area (Å²) in [5, 5.41) is 13.8. The number of carbonyl (C=O) groups excluding carboxylic acids is 2. The summed E-state index contributed by atoms with van der Waals surface area (Å²) >= 11 is 0. The Bertz CT molecular complexity index is 510. The number of non-ortho nitro benzene ring substituents is 1. The van der Waals surface area contributed by atoms with Gasteiger partial charge >= 0.3 is 5.97 Å². The van der Waals surface area contributed by atoms with E-state index in [0.717, 1.165) is 6.21 Å². The first-order chi connectivity index (χ1) is 9.04. The second-order valence-electron chi connectivity index (χ2n) is 3.26. The highest BCUT2D eigenvalue weighted by atomic mass is 16.6. The number of nitrogens with zero attached hydrogens (tertiary/aromatic N) is 2. The van der Waals surface area contributed by atoms with E-state index in [-0.39, 0.29) is 17.9 Å². The number of nitrogens with one attached hydrogen (secondary N) is 1. The summed E-state index contributed by atoms with van der Waals surface area (Å²) in [6, 6.07) is 4.97. The summed E-state index contributed by atoms with van der Waals surface area (Å²) < 4.78 is 4.56. The topological polar surface area (TPSA) is 111 Å². The van der Waals surface area contributed by atoms with Crippen LogP contribution in [0.1, 0.15) is 17.3 Å². The number of carbonyl (C=O) groups is 2. The maximum Gasteiger partial charge on any atom is 0.351 e. The number of benzene rings is 1. The third kappa shape index (κ3) is 4.54. The summed E-state index contributed by atoms with van der Waals surface area (Å²) in [6.45, 7) is 1.85. The Kier molecular flexibility index (Phi) is 5.15. The number of esters is 1. The molecule has 100 valence electrons. The lowest BCUT2D eigenvalue weighted by Gasteiger charge is -1.99. The van der Waals surface area contributed by atoms with E-state index in [1.54, 1.807) is 6.92 Å². The SMILES string of the molecule is CCOC(=O)/C=N/NC(=O)c1ccc([N+](=O)[O-])cc1. The molecule has 0 aliphatic carbocycles. The van der Waals surface area contributed by atoms with Gasteiger partial charge in [0.15, 0.2) is 0 Å². The van der Waals surface area contributed by atoms with E-state index < -0.39 is 16.8 Å². The van der Waals surface area contributed by atoms with Crippen LogP contribution in [0.5, 0.6) is 0 Å². The molecule has 0 aromatic heterocycles. The molecular weight excluding hydrogens is 254 g/mol. The molecular formula is C11H11N3O5. The first kappa shape index (κ1) is 14.3. The fraction of sp³-hybridized carbons (Fsp3) is 0.182. The molecule has 1 N–H and O–H groups in total. The zero-order chi connectivity index (χ0) is 14.3. The van der Waals surface area contributed by atoms with Gasteiger partial charge < -0.3 is 4.74 Å². The summed E-state index contributed by atoms with van der Waals surface area (Å²) in [5.74, 6) is -1.26. The van der Waals surface area contributed by atoms with Crippen molar-refractivity contribution in [2.45, 2.75) is 6.92 Å². The van der Waals surface area contributed by atoms with Crippen LogP contribution in [0.3, 0.4) is 0 Å². The fourth-order valence-corrected chi connectivity index (χ4v) is 1.12. The van der Waals surface area contributed by atoms with Gasteiger partial charge in [-0.25, -0.2) is 10.2 Å². The van der Waals surface area contributed by atoms with Gasteiger partial charge in [-0.15, -0.1) is 0 Å². The highest BCUT2D eigenvalue weighted by Gasteiger charge is 2.08. The molecule has 0 bridgehead atoms. The molecule has 1 aromatic rings. The molecule has 0 atom stereocenters. The minimum Gasteiger partial charge on any atom is -0.462 e. The lowest BCUT2D eigenvalue weighted by atomic mass is 10.2. The van der Waals surface area contributed by atoms with Crippen LogP contribution in [-0.2, 0) is 9.53 Å². The van der Waals surface area contributed by atoms with Crippen LogP contribution in [0.2, 0.25) is 0 Å². The lowest BCUT2D eigenvalue weighted by Crippen LogP contribution is -2.19. The minimum absolute atomic E-state index is 0.119. The third-order valence-corrected chi connectivity index (χ3v) is 1.96. The van der Waals surface area contributed by atoms with Crippen molar-refractivity contribution in [1.29, 1.82) is 0 Å². The van der Waals surface area contributed by atoms with Crippen LogP contribution in [0.25, 0.3) is 0 Å². The molecule has 19 heavy (non-hydrogen) atoms. The number of hydrazone groups is 1. The maximum absolute atomic E-state index is 11.5. The van der Waals surface area contributed by atoms with Crippen LogP contribution in [-0.4, -0.2) is 29.6 Å². The van der Waals surface area contributed by atoms with E-state index in [4.69, 9.17) is 0 Å². The molecule has 1 rings (SSSR count). The van der Waals surface area contributed by atoms with E-state index in [9.17, 15) is 19.7 Å². The number of hydrogen-bond acceptors (Lipinski definition) is 6. The van der Waals surface area contributed by atoms with Gasteiger partial charge in [0.1, 0.15) is 6.21 Å². The second kappa shape index (κ2) is 6.84. The van der Waals surface area contributed by atoms with Gasteiger partial charge in [0.2, 0.25) is 0 Å². The quantitative estimate of drug-likeness (QED) is 0.367. The molecule has 0 radical (unpaired) electrons. The molecule has 8 heteroatoms. The summed E-state index contributed by atoms with van der Waals surface area (Å²) in [4.78, 5) is 32.3. The predicted octanol–water partition coefficient (Wildman–Crippen LogP) is 0.873. The minimum atomic E-state index is -0.675. The lowest BCUT2D eigenvalue weighted by molar-refractivity contribution is -0.384. The largest absolute Gasteiger partial charge is 0.462 e. The molecule has 0 unspecified atom stereocenters. The monoisotopic (exact) mass is 265 g/mol. The van der Waals surface area contributed by atoms with Gasteiger partial charge in [0.25, 0.3) is 11.6 Å². The van der Waals surface area contributed by atoms with E-state index >= 15 is 0 Å². The van der Waals surface area contributed by atoms with Crippen LogP contribution >= 0.6 is 0 Å². The second-order valence-corrected chi connectivity index (χ2v) is 3.26. The Morgan fingerprint density at radius 1 is 1.42 bits per heavy atom. The third-order valence-electron chi connectivity index (χ3n) is 1.96. The standard InChI is InChI=1S/C11H11N3O5/c1-2-19-10(15)7-12-13-11(16)8-3-5-9(6-4-8)14(17)18/h3-7H,2H2,1H3,(H,13,16)/b12-7+. The predicted molar refractivity (Wildman–Crippen MR) is 65.7 cm³/mol. The van der Waals surface area contributed by atoms with Gasteiger partial charge in [-0.05, 0) is 19.1 Å². The summed E-state index contributed by atoms with van der Waals surface area (Å²) in [6.07, 6.45) is 0.826. The van der Waals surface area contributed by atoms with Crippen LogP contribution in [0.15, 0.2) is 29.4 Å². The summed E-state index contributed by atoms with van der Waals surface area (Å²) in [7, 11) is 0. The normalized spacial score (nSPS) is 10.2. The van der Waals surface area contributed by atoms with Crippen molar-refractivity contribution in [2.24, 2.45) is 5.10 Å². The van der Waals surface area contributed by atoms with Gasteiger partial charge in [-0.3, -0.25) is 14.9 Å². The molecule has 0 aliphatic rings. The van der Waals surface area contributed by atoms with Gasteiger partial charge in [0, 0.05) is 17.7 Å². The van der Waals surface area contributed by atoms with Crippen LogP contribution in [0.4, 0.5) is 5.69 Å². The fourth-order valence-electron chi connectivity index (χ4n) is 1.12. The van der Waals surface area contributed by atoms with E-state index in [1.807, 2.05) is 0 Å². The van der Waals surface area contributed by atoms with Crippen molar-refractivity contribution in [1.82, 2.24) is 5.43 Å². The molecule has 0 fully saturated rings. The highest BCUT2D eigenvalue weighted by molar-refractivity contribution is 6.23. The Balaban J connectivity index is 2.59. The Morgan fingerprint density at radius 2 is 2.05 bits per heavy atom. The molecule has 8 nitrogen and oxygen atoms in total. The zero-order valence-electron chi connectivity index (χ0n) is 10.0. The van der Waals surface area contributed by atoms with Crippen molar-refractivity contribution >= 4 is 23.8 Å². The van der Waals surface area contributed by atoms with Gasteiger partial charge in [-0.2, -0.15) is 5.10 Å². The highest BCUT2D eigenvalue weighted by Crippen LogP contribution is 2.11. The van der Waals surface area contributed by atoms with E-state index in [0.29, 0.717) is 0 Å². The van der Waals surface area contributed by atoms with Crippen molar-refractivity contribution in [2.75, 3.05) is 6.61 Å². The van der Waals surface area contributed by atoms with Gasteiger partial charge in [0.05, 0.1) is 11.5 Å². The first-order valence-electron chi connectivity index (χ1n) is 5.29. The van der Waals surface area contributed by atoms with Crippen molar-refractivity contribution in [3.8, 4) is 0 Å². The number of hydrogen-bond donors (Lipinski definition) is 1. The van der Waals surface area contributed by atoms with Gasteiger partial charge in [-0.1, -0.05) is 0 Å². The molecule has 0 spiro atoms. The average Bonchev–Trinajstić information content (AvgIpc) is 2.39. The zero-order valence-corrected chi connectivity index (χ0v) is 10.0. The average molecular weight is 265 g/mol. The smallest absolute Gasteiger partial charge is 0.351 e. The number of ether oxygens (including phenoxy) is 1. The van der Waals surface area contributed by atoms with Crippen LogP contribution in [0, 0.1) is 10.1 Å². The van der Waals surface area contributed by atoms with Crippen LogP contribution < -0.4 is 5.43 Å². The molecule has 0 aliphatic heterocycles. The Hall–Kier alpha value is -2.77. The molecule has 0 saturated heterocycles. The van der Waals surface area contributed by atoms with Crippen molar-refractivity contribution in [3.05, 3.63) is 39.9 Å². The molecule has 0 heterocycles. The number of nitro groups is 1.